The quantitative estimate of drug-likeness (QED) is 0.0200. The molecule has 2 aliphatic heterocycles. The summed E-state index contributed by atoms with van der Waals surface area (Å²) >= 11 is 11.1. The van der Waals surface area contributed by atoms with Gasteiger partial charge in [-0.3, -0.25) is 58.1 Å². The third kappa shape index (κ3) is 24.9. The zero-order valence-corrected chi connectivity index (χ0v) is 65.7. The second kappa shape index (κ2) is 39.6. The first-order chi connectivity index (χ1) is 54.5. The van der Waals surface area contributed by atoms with Gasteiger partial charge >= 0.3 is 17.9 Å². The van der Waals surface area contributed by atoms with Crippen molar-refractivity contribution in [2.24, 2.45) is 23.7 Å². The number of amides is 6. The molecule has 0 radical (unpaired) electrons. The van der Waals surface area contributed by atoms with E-state index in [1.54, 1.807) is 61.4 Å². The number of anilines is 5. The van der Waals surface area contributed by atoms with Gasteiger partial charge in [0.1, 0.15) is 33.6 Å². The van der Waals surface area contributed by atoms with E-state index >= 15 is 0 Å². The maximum atomic E-state index is 11.8. The van der Waals surface area contributed by atoms with Gasteiger partial charge in [-0.15, -0.1) is 12.4 Å². The molecular weight excluding hydrogens is 1540 g/mol. The van der Waals surface area contributed by atoms with Crippen molar-refractivity contribution < 1.29 is 72.1 Å². The van der Waals surface area contributed by atoms with Crippen molar-refractivity contribution >= 4 is 135 Å². The molecule has 0 spiro atoms. The number of nitrogens with one attached hydrogen (secondary N) is 6. The molecular formula is C81H81Cl3N16O15. The number of hydrogen-bond donors (Lipinski definition) is 8. The number of carboxylic acid groups (broad SMARTS) is 1. The molecule has 115 heavy (non-hydrogen) atoms. The second-order valence-corrected chi connectivity index (χ2v) is 28.2. The number of ketones is 3. The molecule has 11 heterocycles. The van der Waals surface area contributed by atoms with Crippen LogP contribution in [0.3, 0.4) is 0 Å². The van der Waals surface area contributed by atoms with Crippen LogP contribution in [0.25, 0.3) is 0 Å². The number of aromatic nitrogens is 9. The van der Waals surface area contributed by atoms with Crippen LogP contribution in [-0.2, 0) is 47.9 Å². The van der Waals surface area contributed by atoms with Gasteiger partial charge in [-0.2, -0.15) is 0 Å². The molecule has 4 fully saturated rings. The molecule has 9 aromatic rings. The number of halogens is 3. The molecule has 6 aliphatic rings. The van der Waals surface area contributed by atoms with E-state index in [4.69, 9.17) is 34.0 Å². The zero-order chi connectivity index (χ0) is 82.0. The number of nitrogens with two attached hydrogens (primary N) is 1. The van der Waals surface area contributed by atoms with Crippen LogP contribution in [0.5, 0.6) is 0 Å². The fourth-order valence-corrected chi connectivity index (χ4v) is 11.8. The number of fused-ring (bicyclic) bond motifs is 2. The summed E-state index contributed by atoms with van der Waals surface area (Å²) in [5, 5.41) is 26.0. The molecule has 596 valence electrons. The van der Waals surface area contributed by atoms with Crippen LogP contribution in [0.1, 0.15) is 226 Å². The van der Waals surface area contributed by atoms with Crippen LogP contribution in [0, 0.1) is 23.7 Å². The monoisotopic (exact) mass is 1620 g/mol. The normalized spacial score (nSPS) is 14.9. The van der Waals surface area contributed by atoms with Gasteiger partial charge in [0.2, 0.25) is 23.6 Å². The number of rotatable bonds is 20. The standard InChI is InChI=1S/C19H19N3O4.2C18H18N4O2.C9H8ClNO3.C9H11N3O.C8H6ClNO3.ClH/c1-11(23)15-9-14(21-10-16(15)19(25)26-2)7-12-5-6-20-17(8-12)22-18(24)13-3-4-13;2*1-10-14-8-13(20-9-15(14)18(24)21-10)6-11-4-5-19-16(7-11)22-17(23)12-2-3-12;1-5(12)6-3-8(10)11-4-7(6)9(13)14-2;10-7-3-4-11-8(5-7)12-9(13)6-1-2-6;1-4(11)5-2-7(9)10-3-6(5)8(12)13;/h5-6,8-10,13H,3-4,7H2,1-2H3,(H,20,22,24);2*4-5,7-10,12H,2-3,6H2,1H3,(H,21,24)(H,19,22,23);3-4H,1-2H3;3-6H,1-2H2,(H3,10,11,12,13);2-3H,1H3,(H,12,13);1H. The Morgan fingerprint density at radius 1 is 0.426 bits per heavy atom. The van der Waals surface area contributed by atoms with Gasteiger partial charge in [0.05, 0.1) is 54.1 Å². The van der Waals surface area contributed by atoms with Crippen molar-refractivity contribution in [3.8, 4) is 0 Å². The number of carbonyl (C=O) groups excluding carboxylic acids is 11. The number of nitrogen functional groups attached to an aromatic ring is 1. The van der Waals surface area contributed by atoms with Crippen LogP contribution >= 0.6 is 35.6 Å². The third-order valence-electron chi connectivity index (χ3n) is 18.2. The molecule has 34 heteroatoms. The van der Waals surface area contributed by atoms with Gasteiger partial charge in [-0.25, -0.2) is 44.3 Å². The summed E-state index contributed by atoms with van der Waals surface area (Å²) in [5.74, 6) is -0.393. The number of hydrogen-bond acceptors (Lipinski definition) is 24. The van der Waals surface area contributed by atoms with E-state index in [1.165, 1.54) is 59.5 Å². The zero-order valence-electron chi connectivity index (χ0n) is 63.4. The minimum absolute atomic E-state index is 0. The molecule has 4 saturated carbocycles. The maximum absolute atomic E-state index is 11.8. The van der Waals surface area contributed by atoms with Gasteiger partial charge in [-0.05, 0) is 187 Å². The Morgan fingerprint density at radius 2 is 0.730 bits per heavy atom. The minimum atomic E-state index is -1.19. The highest BCUT2D eigenvalue weighted by Crippen LogP contribution is 2.34. The summed E-state index contributed by atoms with van der Waals surface area (Å²) in [7, 11) is 2.50. The number of pyridine rings is 9. The van der Waals surface area contributed by atoms with Crippen LogP contribution in [-0.4, -0.2) is 135 Å². The minimum Gasteiger partial charge on any atom is -0.478 e. The van der Waals surface area contributed by atoms with Gasteiger partial charge in [-0.1, -0.05) is 23.2 Å². The van der Waals surface area contributed by atoms with Crippen molar-refractivity contribution in [2.75, 3.05) is 41.2 Å². The average Bonchev–Trinajstić information content (AvgIpc) is 1.66. The molecule has 9 N–H and O–H groups in total. The Balaban J connectivity index is 0.000000161. The molecule has 2 unspecified atom stereocenters. The fourth-order valence-electron chi connectivity index (χ4n) is 11.5. The number of carbonyl (C=O) groups is 12. The molecule has 0 aromatic carbocycles. The number of ether oxygens (including phenoxy) is 2. The van der Waals surface area contributed by atoms with Crippen molar-refractivity contribution in [2.45, 2.75) is 117 Å². The molecule has 2 atom stereocenters. The number of esters is 2. The van der Waals surface area contributed by atoms with E-state index < -0.39 is 17.9 Å². The Kier molecular flexibility index (Phi) is 29.7. The lowest BCUT2D eigenvalue weighted by Gasteiger charge is -2.09. The van der Waals surface area contributed by atoms with Gasteiger partial charge in [0.25, 0.3) is 11.8 Å². The van der Waals surface area contributed by atoms with Crippen molar-refractivity contribution in [1.29, 1.82) is 0 Å². The fraction of sp³-hybridized carbons (Fsp3) is 0.296. The van der Waals surface area contributed by atoms with Crippen molar-refractivity contribution in [1.82, 2.24) is 55.5 Å². The number of aromatic carboxylic acids is 1. The highest BCUT2D eigenvalue weighted by molar-refractivity contribution is 6.30. The predicted octanol–water partition coefficient (Wildman–Crippen LogP) is 11.6. The highest BCUT2D eigenvalue weighted by atomic mass is 35.5. The summed E-state index contributed by atoms with van der Waals surface area (Å²) < 4.78 is 9.18. The molecule has 15 rings (SSSR count). The Labute approximate surface area is 675 Å². The molecule has 0 bridgehead atoms. The lowest BCUT2D eigenvalue weighted by atomic mass is 10.0. The van der Waals surface area contributed by atoms with E-state index in [0.29, 0.717) is 65.0 Å². The van der Waals surface area contributed by atoms with E-state index in [1.807, 2.05) is 56.3 Å². The van der Waals surface area contributed by atoms with Crippen LogP contribution in [0.2, 0.25) is 10.3 Å². The van der Waals surface area contributed by atoms with Crippen molar-refractivity contribution in [3.05, 3.63) is 234 Å². The molecule has 31 nitrogen and oxygen atoms in total. The SMILES string of the molecule is CC(=O)c1cc(Cl)ncc1C(=O)O.CC1NC(=O)c2cnc(Cc3ccnc(NC(=O)C4CC4)c3)cc21.CC1NC(=O)c2cnc(Cc3ccnc(NC(=O)C4CC4)c3)cc21.COC(=O)c1cnc(Cc2ccnc(NC(=O)C3CC3)c2)cc1C(C)=O.COC(=O)c1cnc(Cl)cc1C(C)=O.Cl.Nc1ccnc(NC(=O)C2CC2)c1. The van der Waals surface area contributed by atoms with Gasteiger partial charge in [0, 0.05) is 144 Å². The summed E-state index contributed by atoms with van der Waals surface area (Å²) in [6.07, 6.45) is 22.9. The molecule has 9 aromatic heterocycles. The van der Waals surface area contributed by atoms with Crippen LogP contribution in [0.15, 0.2) is 135 Å². The number of methoxy groups -OCH3 is 2. The average molecular weight is 1620 g/mol. The van der Waals surface area contributed by atoms with Crippen molar-refractivity contribution in [3.63, 3.8) is 0 Å². The first kappa shape index (κ1) is 86.2. The Morgan fingerprint density at radius 3 is 1.06 bits per heavy atom. The van der Waals surface area contributed by atoms with E-state index in [0.717, 1.165) is 96.8 Å². The van der Waals surface area contributed by atoms with Gasteiger partial charge in [0.15, 0.2) is 17.3 Å². The lowest BCUT2D eigenvalue weighted by Crippen LogP contribution is -2.16. The Hall–Kier alpha value is -12.7. The Bertz CT molecular complexity index is 5110. The van der Waals surface area contributed by atoms with Crippen LogP contribution in [0.4, 0.5) is 29.0 Å². The molecule has 4 aliphatic carbocycles. The first-order valence-electron chi connectivity index (χ1n) is 36.1. The summed E-state index contributed by atoms with van der Waals surface area (Å²) in [6, 6.07) is 22.7. The summed E-state index contributed by atoms with van der Waals surface area (Å²) in [5.41, 5.74) is 15.5. The lowest BCUT2D eigenvalue weighted by molar-refractivity contribution is -0.118. The van der Waals surface area contributed by atoms with E-state index in [9.17, 15) is 57.5 Å². The van der Waals surface area contributed by atoms with E-state index in [-0.39, 0.29) is 145 Å². The number of Topliss-reactive ketones (excluding diaryl/α,β-unsaturated/α-hetero) is 3. The number of carboxylic acids is 1. The maximum Gasteiger partial charge on any atom is 0.340 e. The summed E-state index contributed by atoms with van der Waals surface area (Å²) in [4.78, 5) is 175. The molecule has 6 amide bonds. The van der Waals surface area contributed by atoms with E-state index in [2.05, 4.69) is 86.2 Å². The van der Waals surface area contributed by atoms with Gasteiger partial charge < -0.3 is 52.2 Å². The smallest absolute Gasteiger partial charge is 0.340 e. The van der Waals surface area contributed by atoms with Crippen LogP contribution < -0.4 is 37.6 Å². The second-order valence-electron chi connectivity index (χ2n) is 27.4. The summed E-state index contributed by atoms with van der Waals surface area (Å²) in [6.45, 7) is 7.94. The topological polar surface area (TPSA) is 458 Å². The number of nitrogens with zero attached hydrogens (tertiary/aromatic N) is 9. The highest BCUT2D eigenvalue weighted by Gasteiger charge is 2.34. The molecule has 0 saturated heterocycles. The third-order valence-corrected chi connectivity index (χ3v) is 18.6. The predicted molar refractivity (Wildman–Crippen MR) is 425 cm³/mol. The first-order valence-corrected chi connectivity index (χ1v) is 36.9. The largest absolute Gasteiger partial charge is 0.478 e.